The summed E-state index contributed by atoms with van der Waals surface area (Å²) < 4.78 is 0. The van der Waals surface area contributed by atoms with E-state index in [1.54, 1.807) is 0 Å². The van der Waals surface area contributed by atoms with Gasteiger partial charge in [0.05, 0.1) is 11.8 Å². The molecule has 1 fully saturated rings. The standard InChI is InChI=1S/C21H26N3O2P/c25-12-9-22-20(26)21(27)7-10-24(11-8-21)14-15-5-6-19-17(13-15)16-3-1-2-4-18(16)23-19/h1-6,13,23,25H,7-12,14,27H2,(H,22,26). The molecule has 0 bridgehead atoms. The highest BCUT2D eigenvalue weighted by molar-refractivity contribution is 7.21. The van der Waals surface area contributed by atoms with Crippen LogP contribution in [0.2, 0.25) is 0 Å². The van der Waals surface area contributed by atoms with Crippen LogP contribution in [0.5, 0.6) is 0 Å². The largest absolute Gasteiger partial charge is 0.395 e. The van der Waals surface area contributed by atoms with Crippen molar-refractivity contribution in [2.24, 2.45) is 0 Å². The number of carbonyl (C=O) groups excluding carboxylic acids is 1. The third-order valence-electron chi connectivity index (χ3n) is 5.57. The first-order valence-electron chi connectivity index (χ1n) is 9.49. The van der Waals surface area contributed by atoms with Crippen molar-refractivity contribution in [1.29, 1.82) is 0 Å². The van der Waals surface area contributed by atoms with E-state index in [9.17, 15) is 4.79 Å². The smallest absolute Gasteiger partial charge is 0.230 e. The van der Waals surface area contributed by atoms with Crippen molar-refractivity contribution < 1.29 is 9.90 Å². The second kappa shape index (κ2) is 7.59. The molecule has 1 saturated heterocycles. The summed E-state index contributed by atoms with van der Waals surface area (Å²) in [5.41, 5.74) is 3.64. The minimum atomic E-state index is -0.410. The lowest BCUT2D eigenvalue weighted by atomic mass is 9.94. The van der Waals surface area contributed by atoms with Crippen LogP contribution in [0.4, 0.5) is 0 Å². The number of hydrogen-bond acceptors (Lipinski definition) is 3. The number of nitrogens with zero attached hydrogens (tertiary/aromatic N) is 1. The number of rotatable bonds is 5. The molecule has 2 heterocycles. The molecule has 6 heteroatoms. The van der Waals surface area contributed by atoms with Crippen LogP contribution in [0, 0.1) is 0 Å². The van der Waals surface area contributed by atoms with Crippen LogP contribution in [0.3, 0.4) is 0 Å². The van der Waals surface area contributed by atoms with E-state index < -0.39 is 5.16 Å². The first-order valence-corrected chi connectivity index (χ1v) is 10.1. The van der Waals surface area contributed by atoms with Gasteiger partial charge in [-0.25, -0.2) is 0 Å². The van der Waals surface area contributed by atoms with Crippen LogP contribution >= 0.6 is 9.24 Å². The van der Waals surface area contributed by atoms with Crippen molar-refractivity contribution in [3.05, 3.63) is 48.0 Å². The van der Waals surface area contributed by atoms with E-state index in [-0.39, 0.29) is 12.5 Å². The van der Waals surface area contributed by atoms with E-state index in [0.717, 1.165) is 32.5 Å². The Balaban J connectivity index is 1.44. The van der Waals surface area contributed by atoms with Gasteiger partial charge in [-0.2, -0.15) is 0 Å². The molecule has 0 spiro atoms. The Hall–Kier alpha value is -1.94. The Morgan fingerprint density at radius 3 is 2.67 bits per heavy atom. The van der Waals surface area contributed by atoms with E-state index in [4.69, 9.17) is 5.11 Å². The number of aromatic nitrogens is 1. The first kappa shape index (κ1) is 18.4. The van der Waals surface area contributed by atoms with Crippen molar-refractivity contribution in [1.82, 2.24) is 15.2 Å². The van der Waals surface area contributed by atoms with Gasteiger partial charge in [0.2, 0.25) is 5.91 Å². The molecule has 2 aromatic carbocycles. The number of likely N-dealkylation sites (tertiary alicyclic amines) is 1. The fraction of sp³-hybridized carbons (Fsp3) is 0.381. The van der Waals surface area contributed by atoms with Crippen LogP contribution < -0.4 is 5.32 Å². The molecule has 1 aromatic heterocycles. The zero-order valence-electron chi connectivity index (χ0n) is 15.4. The number of H-pyrrole nitrogens is 1. The van der Waals surface area contributed by atoms with Crippen LogP contribution in [-0.2, 0) is 11.3 Å². The van der Waals surface area contributed by atoms with Gasteiger partial charge in [-0.05, 0) is 49.7 Å². The van der Waals surface area contributed by atoms with Crippen molar-refractivity contribution in [3.8, 4) is 0 Å². The Kier molecular flexibility index (Phi) is 5.18. The number of piperidine rings is 1. The average Bonchev–Trinajstić information content (AvgIpc) is 3.06. The van der Waals surface area contributed by atoms with Gasteiger partial charge < -0.3 is 15.4 Å². The van der Waals surface area contributed by atoms with Gasteiger partial charge in [0.1, 0.15) is 0 Å². The highest BCUT2D eigenvalue weighted by Crippen LogP contribution is 2.33. The van der Waals surface area contributed by atoms with Crippen LogP contribution in [0.15, 0.2) is 42.5 Å². The number of benzene rings is 2. The molecule has 1 amide bonds. The number of nitrogens with one attached hydrogen (secondary N) is 2. The summed E-state index contributed by atoms with van der Waals surface area (Å²) in [5, 5.41) is 13.8. The molecule has 1 unspecified atom stereocenters. The second-order valence-corrected chi connectivity index (χ2v) is 8.57. The van der Waals surface area contributed by atoms with Gasteiger partial charge >= 0.3 is 0 Å². The van der Waals surface area contributed by atoms with Crippen LogP contribution in [0.25, 0.3) is 21.8 Å². The van der Waals surface area contributed by atoms with E-state index >= 15 is 0 Å². The van der Waals surface area contributed by atoms with E-state index in [1.165, 1.54) is 27.4 Å². The average molecular weight is 383 g/mol. The minimum absolute atomic E-state index is 0.0189. The SMILES string of the molecule is O=C(NCCO)C1(P)CCN(Cc2ccc3[nH]c4ccccc4c3c2)CC1. The fourth-order valence-corrected chi connectivity index (χ4v) is 4.29. The van der Waals surface area contributed by atoms with Crippen molar-refractivity contribution in [3.63, 3.8) is 0 Å². The summed E-state index contributed by atoms with van der Waals surface area (Å²) in [6, 6.07) is 15.0. The summed E-state index contributed by atoms with van der Waals surface area (Å²) in [6.07, 6.45) is 1.62. The number of aliphatic hydroxyl groups excluding tert-OH is 1. The van der Waals surface area contributed by atoms with Crippen molar-refractivity contribution in [2.45, 2.75) is 24.5 Å². The number of aromatic amines is 1. The first-order chi connectivity index (χ1) is 13.1. The molecule has 1 aliphatic heterocycles. The third-order valence-corrected chi connectivity index (χ3v) is 6.41. The zero-order valence-corrected chi connectivity index (χ0v) is 16.5. The quantitative estimate of drug-likeness (QED) is 0.594. The number of para-hydroxylation sites is 1. The lowest BCUT2D eigenvalue weighted by molar-refractivity contribution is -0.124. The van der Waals surface area contributed by atoms with E-state index in [0.29, 0.717) is 6.54 Å². The topological polar surface area (TPSA) is 68.4 Å². The molecule has 0 saturated carbocycles. The molecule has 0 radical (unpaired) electrons. The molecule has 5 nitrogen and oxygen atoms in total. The van der Waals surface area contributed by atoms with Crippen LogP contribution in [0.1, 0.15) is 18.4 Å². The summed E-state index contributed by atoms with van der Waals surface area (Å²) >= 11 is 0. The zero-order chi connectivity index (χ0) is 18.9. The van der Waals surface area contributed by atoms with E-state index in [1.807, 2.05) is 0 Å². The maximum Gasteiger partial charge on any atom is 0.230 e. The number of carbonyl (C=O) groups is 1. The molecular weight excluding hydrogens is 357 g/mol. The Bertz CT molecular complexity index is 960. The Labute approximate surface area is 161 Å². The minimum Gasteiger partial charge on any atom is -0.395 e. The maximum atomic E-state index is 12.3. The number of amides is 1. The summed E-state index contributed by atoms with van der Waals surface area (Å²) in [4.78, 5) is 18.2. The molecule has 4 rings (SSSR count). The monoisotopic (exact) mass is 383 g/mol. The molecule has 3 aromatic rings. The Morgan fingerprint density at radius 2 is 1.89 bits per heavy atom. The lowest BCUT2D eigenvalue weighted by Gasteiger charge is -2.38. The number of aliphatic hydroxyl groups is 1. The molecule has 1 aliphatic rings. The normalized spacial score (nSPS) is 17.4. The number of fused-ring (bicyclic) bond motifs is 3. The fourth-order valence-electron chi connectivity index (χ4n) is 3.93. The van der Waals surface area contributed by atoms with E-state index in [2.05, 4.69) is 66.9 Å². The molecular formula is C21H26N3O2P. The molecule has 3 N–H and O–H groups in total. The van der Waals surface area contributed by atoms with Gasteiger partial charge in [-0.3, -0.25) is 9.69 Å². The highest BCUT2D eigenvalue weighted by Gasteiger charge is 2.36. The number of hydrogen-bond donors (Lipinski definition) is 3. The molecule has 142 valence electrons. The van der Waals surface area contributed by atoms with Gasteiger partial charge in [-0.1, -0.05) is 24.3 Å². The van der Waals surface area contributed by atoms with Crippen molar-refractivity contribution >= 4 is 37.0 Å². The third kappa shape index (κ3) is 3.73. The maximum absolute atomic E-state index is 12.3. The van der Waals surface area contributed by atoms with Gasteiger partial charge in [0.25, 0.3) is 0 Å². The molecule has 27 heavy (non-hydrogen) atoms. The highest BCUT2D eigenvalue weighted by atomic mass is 31.0. The van der Waals surface area contributed by atoms with Gasteiger partial charge in [0, 0.05) is 34.9 Å². The van der Waals surface area contributed by atoms with Gasteiger partial charge in [-0.15, -0.1) is 9.24 Å². The van der Waals surface area contributed by atoms with Crippen LogP contribution in [-0.4, -0.2) is 52.3 Å². The van der Waals surface area contributed by atoms with Gasteiger partial charge in [0.15, 0.2) is 0 Å². The lowest BCUT2D eigenvalue weighted by Crippen LogP contribution is -2.50. The Morgan fingerprint density at radius 1 is 1.15 bits per heavy atom. The second-order valence-electron chi connectivity index (χ2n) is 7.46. The summed E-state index contributed by atoms with van der Waals surface area (Å²) in [6.45, 7) is 2.98. The molecule has 0 aliphatic carbocycles. The predicted molar refractivity (Wildman–Crippen MR) is 113 cm³/mol. The predicted octanol–water partition coefficient (Wildman–Crippen LogP) is 2.64. The summed E-state index contributed by atoms with van der Waals surface area (Å²) in [7, 11) is 2.75. The summed E-state index contributed by atoms with van der Waals surface area (Å²) in [5.74, 6) is 0.0291. The molecule has 1 atom stereocenters. The van der Waals surface area contributed by atoms with Crippen molar-refractivity contribution in [2.75, 3.05) is 26.2 Å².